The largest absolute Gasteiger partial charge is 0.467 e. The summed E-state index contributed by atoms with van der Waals surface area (Å²) in [4.78, 5) is 18.6. The van der Waals surface area contributed by atoms with Gasteiger partial charge in [-0.15, -0.1) is 0 Å². The quantitative estimate of drug-likeness (QED) is 0.324. The minimum Gasteiger partial charge on any atom is -0.467 e. The Kier molecular flexibility index (Phi) is 8.09. The van der Waals surface area contributed by atoms with Crippen molar-refractivity contribution in [1.29, 1.82) is 0 Å². The number of methoxy groups -OCH3 is 1. The Bertz CT molecular complexity index is 1050. The highest BCUT2D eigenvalue weighted by atomic mass is 16.9. The molecule has 0 aromatic heterocycles. The van der Waals surface area contributed by atoms with E-state index in [1.807, 2.05) is 30.3 Å². The summed E-state index contributed by atoms with van der Waals surface area (Å²) in [6.45, 7) is 4.14. The van der Waals surface area contributed by atoms with Gasteiger partial charge in [-0.1, -0.05) is 63.4 Å². The van der Waals surface area contributed by atoms with Crippen LogP contribution in [0.1, 0.15) is 90.0 Å². The predicted molar refractivity (Wildman–Crippen MR) is 149 cm³/mol. The van der Waals surface area contributed by atoms with Crippen LogP contribution in [0.25, 0.3) is 0 Å². The number of carbonyl (C=O) groups excluding carboxylic acids is 1. The second-order valence-electron chi connectivity index (χ2n) is 12.4. The first kappa shape index (κ1) is 28.3. The fourth-order valence-corrected chi connectivity index (χ4v) is 7.41. The van der Waals surface area contributed by atoms with Crippen molar-refractivity contribution in [1.82, 2.24) is 0 Å². The summed E-state index contributed by atoms with van der Waals surface area (Å²) >= 11 is 0. The maximum Gasteiger partial charge on any atom is 0.334 e. The van der Waals surface area contributed by atoms with E-state index in [2.05, 4.69) is 13.8 Å². The lowest BCUT2D eigenvalue weighted by Gasteiger charge is -2.37. The fourth-order valence-electron chi connectivity index (χ4n) is 7.41. The molecule has 3 aliphatic heterocycles. The summed E-state index contributed by atoms with van der Waals surface area (Å²) in [6.07, 6.45) is 10.9. The van der Waals surface area contributed by atoms with Gasteiger partial charge in [-0.3, -0.25) is 4.99 Å². The van der Waals surface area contributed by atoms with Crippen LogP contribution >= 0.6 is 0 Å². The van der Waals surface area contributed by atoms with Crippen LogP contribution < -0.4 is 0 Å². The average molecular weight is 556 g/mol. The molecule has 3 heterocycles. The molecule has 7 atom stereocenters. The minimum absolute atomic E-state index is 0.0643. The summed E-state index contributed by atoms with van der Waals surface area (Å²) in [6, 6.07) is 10.0. The first-order chi connectivity index (χ1) is 19.4. The normalized spacial score (nSPS) is 34.8. The molecule has 8 heteroatoms. The standard InChI is InChI=1S/C32H45NO7/c1-4-22(2)32(29(34)35-3,20-23-14-8-5-9-15-23)33-21-24-25-26(38-30(37-25)16-10-6-11-17-30)27-28(36-24)40-31(39-27)18-12-7-13-19-31/h5,8-9,14-15,21-22,24-28H,4,6-7,10-13,16-20H2,1-3H3/t22-,24+,25-,26-,27+,28+,32+/m0/s1. The summed E-state index contributed by atoms with van der Waals surface area (Å²) < 4.78 is 38.7. The maximum atomic E-state index is 13.5. The lowest BCUT2D eigenvalue weighted by atomic mass is 9.78. The van der Waals surface area contributed by atoms with E-state index in [1.54, 1.807) is 6.21 Å². The van der Waals surface area contributed by atoms with E-state index in [1.165, 1.54) is 20.0 Å². The van der Waals surface area contributed by atoms with Crippen LogP contribution in [0.4, 0.5) is 0 Å². The van der Waals surface area contributed by atoms with Gasteiger partial charge in [0.15, 0.2) is 23.4 Å². The van der Waals surface area contributed by atoms with Gasteiger partial charge in [0.1, 0.15) is 24.4 Å². The smallest absolute Gasteiger partial charge is 0.334 e. The van der Waals surface area contributed by atoms with Crippen LogP contribution in [-0.4, -0.2) is 67.1 Å². The molecule has 1 aromatic carbocycles. The third-order valence-electron chi connectivity index (χ3n) is 9.88. The van der Waals surface area contributed by atoms with Crippen molar-refractivity contribution in [2.45, 2.75) is 139 Å². The highest BCUT2D eigenvalue weighted by Gasteiger charge is 2.64. The van der Waals surface area contributed by atoms with Crippen LogP contribution in [0.3, 0.4) is 0 Å². The van der Waals surface area contributed by atoms with E-state index < -0.39 is 35.6 Å². The van der Waals surface area contributed by atoms with Gasteiger partial charge in [0.05, 0.1) is 7.11 Å². The number of aliphatic imine (C=N–C) groups is 1. The zero-order chi connectivity index (χ0) is 27.8. The summed E-state index contributed by atoms with van der Waals surface area (Å²) in [7, 11) is 1.44. The Balaban J connectivity index is 1.33. The first-order valence-electron chi connectivity index (χ1n) is 15.5. The van der Waals surface area contributed by atoms with E-state index >= 15 is 0 Å². The van der Waals surface area contributed by atoms with Crippen molar-refractivity contribution in [2.75, 3.05) is 7.11 Å². The molecule has 5 aliphatic rings. The molecule has 0 unspecified atom stereocenters. The Morgan fingerprint density at radius 1 is 0.950 bits per heavy atom. The van der Waals surface area contributed by atoms with Gasteiger partial charge < -0.3 is 28.4 Å². The van der Waals surface area contributed by atoms with Crippen molar-refractivity contribution >= 4 is 12.2 Å². The number of rotatable bonds is 7. The van der Waals surface area contributed by atoms with Crippen LogP contribution in [0.2, 0.25) is 0 Å². The van der Waals surface area contributed by atoms with E-state index in [0.717, 1.165) is 63.4 Å². The molecule has 40 heavy (non-hydrogen) atoms. The Morgan fingerprint density at radius 3 is 2.17 bits per heavy atom. The summed E-state index contributed by atoms with van der Waals surface area (Å²) in [5, 5.41) is 0. The lowest BCUT2D eigenvalue weighted by molar-refractivity contribution is -0.240. The maximum absolute atomic E-state index is 13.5. The van der Waals surface area contributed by atoms with Gasteiger partial charge in [0.2, 0.25) is 0 Å². The Hall–Kier alpha value is -1.84. The van der Waals surface area contributed by atoms with Crippen molar-refractivity contribution in [2.24, 2.45) is 10.9 Å². The molecule has 0 bridgehead atoms. The van der Waals surface area contributed by atoms with Crippen LogP contribution in [0.5, 0.6) is 0 Å². The Labute approximate surface area is 238 Å². The molecule has 5 fully saturated rings. The second-order valence-corrected chi connectivity index (χ2v) is 12.4. The molecule has 8 nitrogen and oxygen atoms in total. The molecule has 0 radical (unpaired) electrons. The van der Waals surface area contributed by atoms with Gasteiger partial charge in [0, 0.05) is 38.3 Å². The van der Waals surface area contributed by atoms with Crippen molar-refractivity contribution < 1.29 is 33.2 Å². The van der Waals surface area contributed by atoms with Crippen molar-refractivity contribution in [3.05, 3.63) is 35.9 Å². The van der Waals surface area contributed by atoms with Crippen LogP contribution in [0, 0.1) is 5.92 Å². The zero-order valence-corrected chi connectivity index (χ0v) is 24.2. The van der Waals surface area contributed by atoms with E-state index in [4.69, 9.17) is 33.4 Å². The predicted octanol–water partition coefficient (Wildman–Crippen LogP) is 5.50. The van der Waals surface area contributed by atoms with Gasteiger partial charge >= 0.3 is 5.97 Å². The minimum atomic E-state index is -1.10. The molecule has 2 saturated carbocycles. The molecule has 2 spiro atoms. The van der Waals surface area contributed by atoms with Gasteiger partial charge in [-0.05, 0) is 37.2 Å². The highest BCUT2D eigenvalue weighted by molar-refractivity contribution is 5.84. The van der Waals surface area contributed by atoms with E-state index in [0.29, 0.717) is 6.42 Å². The third kappa shape index (κ3) is 5.15. The van der Waals surface area contributed by atoms with Gasteiger partial charge in [0.25, 0.3) is 0 Å². The number of hydrogen-bond acceptors (Lipinski definition) is 8. The lowest BCUT2D eigenvalue weighted by Crippen LogP contribution is -2.56. The highest BCUT2D eigenvalue weighted by Crippen LogP contribution is 2.50. The molecule has 2 aliphatic carbocycles. The first-order valence-corrected chi connectivity index (χ1v) is 15.5. The van der Waals surface area contributed by atoms with Gasteiger partial charge in [-0.25, -0.2) is 4.79 Å². The molecular formula is C32H45NO7. The van der Waals surface area contributed by atoms with E-state index in [9.17, 15) is 4.79 Å². The molecule has 0 amide bonds. The number of ether oxygens (including phenoxy) is 6. The van der Waals surface area contributed by atoms with Gasteiger partial charge in [-0.2, -0.15) is 0 Å². The SMILES string of the molecule is CC[C@H](C)[C@@](Cc1ccccc1)(N=C[C@H]1O[C@@H]2OC3(CCCCC3)O[C@@H]2[C@H]2OC3(CCCCC3)O[C@H]21)C(=O)OC. The van der Waals surface area contributed by atoms with Crippen molar-refractivity contribution in [3.8, 4) is 0 Å². The third-order valence-corrected chi connectivity index (χ3v) is 9.88. The number of carbonyl (C=O) groups is 1. The molecule has 3 saturated heterocycles. The summed E-state index contributed by atoms with van der Waals surface area (Å²) in [5.41, 5.74) is -0.0681. The monoisotopic (exact) mass is 555 g/mol. The molecule has 0 N–H and O–H groups in total. The fraction of sp³-hybridized carbons (Fsp3) is 0.750. The second kappa shape index (κ2) is 11.4. The number of nitrogens with zero attached hydrogens (tertiary/aromatic N) is 1. The molecular weight excluding hydrogens is 510 g/mol. The number of fused-ring (bicyclic) bond motifs is 3. The van der Waals surface area contributed by atoms with Crippen LogP contribution in [0.15, 0.2) is 35.3 Å². The zero-order valence-electron chi connectivity index (χ0n) is 24.2. The molecule has 220 valence electrons. The average Bonchev–Trinajstić information content (AvgIpc) is 3.53. The summed E-state index contributed by atoms with van der Waals surface area (Å²) in [5.74, 6) is -1.65. The topological polar surface area (TPSA) is 84.8 Å². The molecule has 6 rings (SSSR count). The molecule has 1 aromatic rings. The van der Waals surface area contributed by atoms with Crippen molar-refractivity contribution in [3.63, 3.8) is 0 Å². The number of benzene rings is 1. The Morgan fingerprint density at radius 2 is 1.55 bits per heavy atom. The van der Waals surface area contributed by atoms with E-state index in [-0.39, 0.29) is 24.1 Å². The number of esters is 1. The van der Waals surface area contributed by atoms with Crippen LogP contribution in [-0.2, 0) is 39.6 Å². The number of hydrogen-bond donors (Lipinski definition) is 0.